The van der Waals surface area contributed by atoms with E-state index in [-0.39, 0.29) is 12.3 Å². The molecule has 0 radical (unpaired) electrons. The van der Waals surface area contributed by atoms with Gasteiger partial charge in [0.25, 0.3) is 0 Å². The van der Waals surface area contributed by atoms with Gasteiger partial charge < -0.3 is 10.6 Å². The molecule has 1 rings (SSSR count). The number of guanidine groups is 1. The lowest BCUT2D eigenvalue weighted by atomic mass is 10.2. The van der Waals surface area contributed by atoms with Crippen molar-refractivity contribution < 1.29 is 8.42 Å². The molecular formula is C12H20ClN5O2S. The summed E-state index contributed by atoms with van der Waals surface area (Å²) in [6.07, 6.45) is 2.47. The van der Waals surface area contributed by atoms with Crippen LogP contribution < -0.4 is 15.8 Å². The average molecular weight is 334 g/mol. The summed E-state index contributed by atoms with van der Waals surface area (Å²) in [5, 5.41) is 11.5. The summed E-state index contributed by atoms with van der Waals surface area (Å²) in [5.74, 6) is 0.382. The van der Waals surface area contributed by atoms with Gasteiger partial charge in [-0.15, -0.1) is 0 Å². The number of nitrogens with two attached hydrogens (primary N) is 1. The van der Waals surface area contributed by atoms with E-state index in [2.05, 4.69) is 20.6 Å². The number of hydrogen-bond acceptors (Lipinski definition) is 4. The minimum atomic E-state index is -3.49. The van der Waals surface area contributed by atoms with E-state index in [0.29, 0.717) is 24.2 Å². The van der Waals surface area contributed by atoms with Gasteiger partial charge in [0.1, 0.15) is 5.15 Å². The van der Waals surface area contributed by atoms with Crippen LogP contribution in [0.4, 0.5) is 0 Å². The Hall–Kier alpha value is -1.38. The van der Waals surface area contributed by atoms with E-state index in [0.717, 1.165) is 12.0 Å². The summed E-state index contributed by atoms with van der Waals surface area (Å²) in [6.45, 7) is 3.38. The van der Waals surface area contributed by atoms with Crippen LogP contribution in [-0.2, 0) is 16.4 Å². The predicted molar refractivity (Wildman–Crippen MR) is 84.9 cm³/mol. The zero-order chi connectivity index (χ0) is 15.7. The van der Waals surface area contributed by atoms with Crippen molar-refractivity contribution in [2.24, 2.45) is 10.1 Å². The summed E-state index contributed by atoms with van der Waals surface area (Å²) in [4.78, 5) is 8.14. The molecule has 0 saturated heterocycles. The van der Waals surface area contributed by atoms with Gasteiger partial charge >= 0.3 is 0 Å². The van der Waals surface area contributed by atoms with E-state index in [1.807, 2.05) is 13.0 Å². The standard InChI is InChI=1S/C12H20ClN5O2S/c1-2-15-12(17-7-8-21(14,19)20)16-6-5-10-3-4-11(13)18-9-10/h3-4,9H,2,5-8H2,1H3,(H2,14,19,20)(H2,15,16,17). The van der Waals surface area contributed by atoms with Gasteiger partial charge in [-0.1, -0.05) is 17.7 Å². The molecule has 0 spiro atoms. The predicted octanol–water partition coefficient (Wildman–Crippen LogP) is 0.121. The summed E-state index contributed by atoms with van der Waals surface area (Å²) >= 11 is 5.72. The van der Waals surface area contributed by atoms with Crippen LogP contribution in [0.25, 0.3) is 0 Å². The van der Waals surface area contributed by atoms with Gasteiger partial charge in [-0.3, -0.25) is 4.99 Å². The first-order chi connectivity index (χ1) is 9.90. The quantitative estimate of drug-likeness (QED) is 0.373. The van der Waals surface area contributed by atoms with Crippen LogP contribution in [0.1, 0.15) is 12.5 Å². The van der Waals surface area contributed by atoms with Crippen LogP contribution in [-0.4, -0.2) is 44.7 Å². The fourth-order valence-corrected chi connectivity index (χ4v) is 1.96. The third kappa shape index (κ3) is 8.49. The van der Waals surface area contributed by atoms with Gasteiger partial charge in [-0.2, -0.15) is 0 Å². The number of aliphatic imine (C=N–C) groups is 1. The summed E-state index contributed by atoms with van der Waals surface area (Å²) in [6, 6.07) is 3.64. The molecule has 4 N–H and O–H groups in total. The van der Waals surface area contributed by atoms with Crippen molar-refractivity contribution in [2.45, 2.75) is 13.3 Å². The highest BCUT2D eigenvalue weighted by Crippen LogP contribution is 2.05. The molecule has 0 amide bonds. The number of rotatable bonds is 7. The fraction of sp³-hybridized carbons (Fsp3) is 0.500. The van der Waals surface area contributed by atoms with E-state index < -0.39 is 10.0 Å². The van der Waals surface area contributed by atoms with Crippen molar-refractivity contribution in [3.05, 3.63) is 29.0 Å². The van der Waals surface area contributed by atoms with Crippen molar-refractivity contribution in [2.75, 3.05) is 25.4 Å². The highest BCUT2D eigenvalue weighted by molar-refractivity contribution is 7.89. The maximum Gasteiger partial charge on any atom is 0.210 e. The van der Waals surface area contributed by atoms with Gasteiger partial charge in [0, 0.05) is 19.3 Å². The topological polar surface area (TPSA) is 109 Å². The third-order valence-corrected chi connectivity index (χ3v) is 3.46. The summed E-state index contributed by atoms with van der Waals surface area (Å²) in [5.41, 5.74) is 1.05. The highest BCUT2D eigenvalue weighted by Gasteiger charge is 2.02. The zero-order valence-electron chi connectivity index (χ0n) is 11.8. The Kier molecular flexibility index (Phi) is 7.41. The molecule has 0 aromatic carbocycles. The molecule has 1 aromatic rings. The Bertz CT molecular complexity index is 560. The second kappa shape index (κ2) is 8.81. The van der Waals surface area contributed by atoms with E-state index in [1.54, 1.807) is 12.3 Å². The molecule has 21 heavy (non-hydrogen) atoms. The second-order valence-electron chi connectivity index (χ2n) is 4.29. The smallest absolute Gasteiger partial charge is 0.210 e. The van der Waals surface area contributed by atoms with E-state index in [9.17, 15) is 8.42 Å². The van der Waals surface area contributed by atoms with Crippen molar-refractivity contribution in [3.8, 4) is 0 Å². The Balaban J connectivity index is 2.43. The lowest BCUT2D eigenvalue weighted by Crippen LogP contribution is -2.38. The number of aromatic nitrogens is 1. The van der Waals surface area contributed by atoms with Gasteiger partial charge in [-0.05, 0) is 25.0 Å². The molecular weight excluding hydrogens is 314 g/mol. The van der Waals surface area contributed by atoms with E-state index in [4.69, 9.17) is 16.7 Å². The first-order valence-corrected chi connectivity index (χ1v) is 8.63. The molecule has 0 bridgehead atoms. The monoisotopic (exact) mass is 333 g/mol. The number of primary sulfonamides is 1. The maximum atomic E-state index is 10.8. The zero-order valence-corrected chi connectivity index (χ0v) is 13.4. The molecule has 0 unspecified atom stereocenters. The lowest BCUT2D eigenvalue weighted by Gasteiger charge is -2.11. The fourth-order valence-electron chi connectivity index (χ4n) is 1.51. The van der Waals surface area contributed by atoms with Gasteiger partial charge in [-0.25, -0.2) is 18.5 Å². The van der Waals surface area contributed by atoms with Crippen molar-refractivity contribution in [1.82, 2.24) is 15.6 Å². The van der Waals surface area contributed by atoms with E-state index in [1.165, 1.54) is 0 Å². The molecule has 1 heterocycles. The molecule has 118 valence electrons. The van der Waals surface area contributed by atoms with Crippen molar-refractivity contribution in [3.63, 3.8) is 0 Å². The van der Waals surface area contributed by atoms with Crippen LogP contribution in [0, 0.1) is 0 Å². The van der Waals surface area contributed by atoms with Gasteiger partial charge in [0.05, 0.1) is 12.3 Å². The summed E-state index contributed by atoms with van der Waals surface area (Å²) < 4.78 is 21.7. The van der Waals surface area contributed by atoms with Crippen LogP contribution in [0.15, 0.2) is 23.3 Å². The minimum absolute atomic E-state index is 0.122. The molecule has 0 saturated carbocycles. The molecule has 0 aliphatic rings. The number of nitrogens with zero attached hydrogens (tertiary/aromatic N) is 2. The van der Waals surface area contributed by atoms with Gasteiger partial charge in [0.15, 0.2) is 5.96 Å². The Morgan fingerprint density at radius 2 is 2.19 bits per heavy atom. The molecule has 0 fully saturated rings. The highest BCUT2D eigenvalue weighted by atomic mass is 35.5. The van der Waals surface area contributed by atoms with Crippen LogP contribution >= 0.6 is 11.6 Å². The molecule has 9 heteroatoms. The average Bonchev–Trinajstić information content (AvgIpc) is 2.39. The Labute approximate surface area is 130 Å². The maximum absolute atomic E-state index is 10.8. The van der Waals surface area contributed by atoms with Crippen molar-refractivity contribution >= 4 is 27.6 Å². The van der Waals surface area contributed by atoms with Crippen LogP contribution in [0.2, 0.25) is 5.15 Å². The van der Waals surface area contributed by atoms with Gasteiger partial charge in [0.2, 0.25) is 10.0 Å². The number of hydrogen-bond donors (Lipinski definition) is 3. The number of pyridine rings is 1. The number of nitrogens with one attached hydrogen (secondary N) is 2. The third-order valence-electron chi connectivity index (χ3n) is 2.48. The van der Waals surface area contributed by atoms with Crippen LogP contribution in [0.3, 0.4) is 0 Å². The largest absolute Gasteiger partial charge is 0.357 e. The first-order valence-electron chi connectivity index (χ1n) is 6.54. The Morgan fingerprint density at radius 1 is 1.43 bits per heavy atom. The minimum Gasteiger partial charge on any atom is -0.357 e. The molecule has 0 aliphatic carbocycles. The normalized spacial score (nSPS) is 12.2. The van der Waals surface area contributed by atoms with Crippen molar-refractivity contribution in [1.29, 1.82) is 0 Å². The first kappa shape index (κ1) is 17.7. The molecule has 0 atom stereocenters. The lowest BCUT2D eigenvalue weighted by molar-refractivity contribution is 0.597. The Morgan fingerprint density at radius 3 is 2.76 bits per heavy atom. The molecule has 1 aromatic heterocycles. The second-order valence-corrected chi connectivity index (χ2v) is 6.41. The number of halogens is 1. The molecule has 7 nitrogen and oxygen atoms in total. The summed E-state index contributed by atoms with van der Waals surface area (Å²) in [7, 11) is -3.49. The SMILES string of the molecule is CCNC(=NCCS(N)(=O)=O)NCCc1ccc(Cl)nc1. The van der Waals surface area contributed by atoms with E-state index >= 15 is 0 Å². The van der Waals surface area contributed by atoms with Crippen LogP contribution in [0.5, 0.6) is 0 Å². The number of sulfonamides is 1. The molecule has 0 aliphatic heterocycles.